The van der Waals surface area contributed by atoms with E-state index < -0.39 is 5.82 Å². The van der Waals surface area contributed by atoms with Gasteiger partial charge in [-0.15, -0.1) is 0 Å². The van der Waals surface area contributed by atoms with Gasteiger partial charge in [-0.2, -0.15) is 0 Å². The summed E-state index contributed by atoms with van der Waals surface area (Å²) in [5.41, 5.74) is 0.805. The predicted molar refractivity (Wildman–Crippen MR) is 57.1 cm³/mol. The number of carbonyl (C=O) groups is 1. The summed E-state index contributed by atoms with van der Waals surface area (Å²) >= 11 is 3.26. The molecule has 4 heteroatoms. The quantitative estimate of drug-likeness (QED) is 0.845. The maximum absolute atomic E-state index is 13.3. The molecule has 0 unspecified atom stereocenters. The first-order valence-corrected chi connectivity index (χ1v) is 4.99. The smallest absolute Gasteiger partial charge is 0.179 e. The zero-order chi connectivity index (χ0) is 10.7. The van der Waals surface area contributed by atoms with Crippen molar-refractivity contribution in [2.75, 3.05) is 13.6 Å². The Labute approximate surface area is 90.6 Å². The first kappa shape index (κ1) is 11.3. The molecule has 0 bridgehead atoms. The lowest BCUT2D eigenvalue weighted by Gasteiger charge is -2.07. The van der Waals surface area contributed by atoms with Crippen LogP contribution < -0.4 is 5.32 Å². The Bertz CT molecular complexity index is 365. The number of likely N-dealkylation sites (N-methyl/N-ethyl adjacent to an activating group) is 1. The molecule has 0 aromatic heterocycles. The van der Waals surface area contributed by atoms with Crippen molar-refractivity contribution in [1.29, 1.82) is 0 Å². The zero-order valence-corrected chi connectivity index (χ0v) is 9.61. The summed E-state index contributed by atoms with van der Waals surface area (Å²) in [6.07, 6.45) is 0. The third-order valence-corrected chi connectivity index (χ3v) is 2.82. The van der Waals surface area contributed by atoms with E-state index in [0.717, 1.165) is 4.47 Å². The maximum Gasteiger partial charge on any atom is 0.179 e. The van der Waals surface area contributed by atoms with E-state index in [2.05, 4.69) is 21.2 Å². The van der Waals surface area contributed by atoms with Gasteiger partial charge in [0.1, 0.15) is 5.82 Å². The number of carbonyl (C=O) groups excluding carboxylic acids is 1. The third kappa shape index (κ3) is 2.19. The molecule has 1 aromatic carbocycles. The van der Waals surface area contributed by atoms with Crippen LogP contribution in [0.1, 0.15) is 15.9 Å². The van der Waals surface area contributed by atoms with Gasteiger partial charge >= 0.3 is 0 Å². The van der Waals surface area contributed by atoms with Crippen LogP contribution in [0.4, 0.5) is 4.39 Å². The van der Waals surface area contributed by atoms with Crippen LogP contribution in [-0.4, -0.2) is 19.4 Å². The number of ketones is 1. The zero-order valence-electron chi connectivity index (χ0n) is 8.03. The van der Waals surface area contributed by atoms with Crippen molar-refractivity contribution in [3.63, 3.8) is 0 Å². The Morgan fingerprint density at radius 2 is 2.21 bits per heavy atom. The first-order valence-electron chi connectivity index (χ1n) is 4.20. The molecule has 0 heterocycles. The molecule has 0 atom stereocenters. The van der Waals surface area contributed by atoms with E-state index in [-0.39, 0.29) is 17.9 Å². The summed E-state index contributed by atoms with van der Waals surface area (Å²) in [5, 5.41) is 2.71. The van der Waals surface area contributed by atoms with Gasteiger partial charge < -0.3 is 5.32 Å². The van der Waals surface area contributed by atoms with Crippen LogP contribution in [0.3, 0.4) is 0 Å². The molecular formula is C10H11BrFNO. The minimum atomic E-state index is -0.467. The highest BCUT2D eigenvalue weighted by molar-refractivity contribution is 9.10. The van der Waals surface area contributed by atoms with Gasteiger partial charge in [-0.05, 0) is 31.7 Å². The van der Waals surface area contributed by atoms with Crippen LogP contribution in [0, 0.1) is 12.7 Å². The SMILES string of the molecule is CNCC(=O)c1c(F)ccc(Br)c1C. The van der Waals surface area contributed by atoms with Crippen LogP contribution in [0.15, 0.2) is 16.6 Å². The van der Waals surface area contributed by atoms with Gasteiger partial charge in [0, 0.05) is 4.47 Å². The lowest BCUT2D eigenvalue weighted by molar-refractivity contribution is 0.0989. The number of Topliss-reactive ketones (excluding diaryl/α,β-unsaturated/α-hetero) is 1. The minimum Gasteiger partial charge on any atom is -0.313 e. The summed E-state index contributed by atoms with van der Waals surface area (Å²) in [4.78, 5) is 11.5. The number of halogens is 2. The van der Waals surface area contributed by atoms with E-state index in [1.54, 1.807) is 20.0 Å². The van der Waals surface area contributed by atoms with Crippen LogP contribution >= 0.6 is 15.9 Å². The second kappa shape index (κ2) is 4.66. The average molecular weight is 260 g/mol. The van der Waals surface area contributed by atoms with Gasteiger partial charge in [0.15, 0.2) is 5.78 Å². The second-order valence-corrected chi connectivity index (χ2v) is 3.84. The number of rotatable bonds is 3. The first-order chi connectivity index (χ1) is 6.57. The Hall–Kier alpha value is -0.740. The summed E-state index contributed by atoms with van der Waals surface area (Å²) in [7, 11) is 1.66. The molecule has 0 aliphatic heterocycles. The molecule has 0 radical (unpaired) electrons. The van der Waals surface area contributed by atoms with Crippen molar-refractivity contribution in [3.05, 3.63) is 33.5 Å². The van der Waals surface area contributed by atoms with Gasteiger partial charge in [-0.1, -0.05) is 15.9 Å². The van der Waals surface area contributed by atoms with Crippen LogP contribution in [-0.2, 0) is 0 Å². The van der Waals surface area contributed by atoms with Crippen molar-refractivity contribution < 1.29 is 9.18 Å². The van der Waals surface area contributed by atoms with Crippen LogP contribution in [0.5, 0.6) is 0 Å². The molecule has 0 aliphatic carbocycles. The van der Waals surface area contributed by atoms with E-state index in [1.807, 2.05) is 0 Å². The highest BCUT2D eigenvalue weighted by Crippen LogP contribution is 2.22. The molecule has 14 heavy (non-hydrogen) atoms. The van der Waals surface area contributed by atoms with Gasteiger partial charge in [0.05, 0.1) is 12.1 Å². The van der Waals surface area contributed by atoms with E-state index in [0.29, 0.717) is 5.56 Å². The fourth-order valence-electron chi connectivity index (χ4n) is 1.24. The van der Waals surface area contributed by atoms with Crippen LogP contribution in [0.2, 0.25) is 0 Å². The standard InChI is InChI=1S/C10H11BrFNO/c1-6-7(11)3-4-8(12)10(6)9(14)5-13-2/h3-4,13H,5H2,1-2H3. The molecule has 76 valence electrons. The molecular weight excluding hydrogens is 249 g/mol. The molecule has 0 aliphatic rings. The van der Waals surface area contributed by atoms with Crippen molar-refractivity contribution in [1.82, 2.24) is 5.32 Å². The summed E-state index contributed by atoms with van der Waals surface area (Å²) in [6.45, 7) is 1.87. The Morgan fingerprint density at radius 3 is 2.79 bits per heavy atom. The topological polar surface area (TPSA) is 29.1 Å². The average Bonchev–Trinajstić information content (AvgIpc) is 2.13. The monoisotopic (exact) mass is 259 g/mol. The van der Waals surface area contributed by atoms with Gasteiger partial charge in [-0.3, -0.25) is 4.79 Å². The minimum absolute atomic E-state index is 0.147. The van der Waals surface area contributed by atoms with Gasteiger partial charge in [-0.25, -0.2) is 4.39 Å². The number of benzene rings is 1. The summed E-state index contributed by atoms with van der Waals surface area (Å²) in [6, 6.07) is 2.89. The molecule has 1 aromatic rings. The Morgan fingerprint density at radius 1 is 1.57 bits per heavy atom. The summed E-state index contributed by atoms with van der Waals surface area (Å²) < 4.78 is 14.1. The van der Waals surface area contributed by atoms with Crippen molar-refractivity contribution in [2.45, 2.75) is 6.92 Å². The molecule has 0 saturated heterocycles. The molecule has 0 saturated carbocycles. The number of hydrogen-bond acceptors (Lipinski definition) is 2. The third-order valence-electron chi connectivity index (χ3n) is 1.96. The molecule has 0 fully saturated rings. The Balaban J connectivity index is 3.18. The summed E-state index contributed by atoms with van der Waals surface area (Å²) in [5.74, 6) is -0.699. The Kier molecular flexibility index (Phi) is 3.77. The lowest BCUT2D eigenvalue weighted by Crippen LogP contribution is -2.20. The van der Waals surface area contributed by atoms with E-state index in [1.165, 1.54) is 6.07 Å². The lowest BCUT2D eigenvalue weighted by atomic mass is 10.0. The highest BCUT2D eigenvalue weighted by atomic mass is 79.9. The van der Waals surface area contributed by atoms with Crippen molar-refractivity contribution in [2.24, 2.45) is 0 Å². The van der Waals surface area contributed by atoms with Crippen molar-refractivity contribution >= 4 is 21.7 Å². The largest absolute Gasteiger partial charge is 0.313 e. The predicted octanol–water partition coefficient (Wildman–Crippen LogP) is 2.30. The maximum atomic E-state index is 13.3. The molecule has 2 nitrogen and oxygen atoms in total. The van der Waals surface area contributed by atoms with Crippen LogP contribution in [0.25, 0.3) is 0 Å². The van der Waals surface area contributed by atoms with E-state index >= 15 is 0 Å². The molecule has 0 spiro atoms. The molecule has 1 rings (SSSR count). The molecule has 0 amide bonds. The number of hydrogen-bond donors (Lipinski definition) is 1. The van der Waals surface area contributed by atoms with Gasteiger partial charge in [0.2, 0.25) is 0 Å². The van der Waals surface area contributed by atoms with Gasteiger partial charge in [0.25, 0.3) is 0 Å². The number of nitrogens with one attached hydrogen (secondary N) is 1. The molecule has 1 N–H and O–H groups in total. The fraction of sp³-hybridized carbons (Fsp3) is 0.300. The second-order valence-electron chi connectivity index (χ2n) is 2.98. The normalized spacial score (nSPS) is 10.3. The van der Waals surface area contributed by atoms with Crippen molar-refractivity contribution in [3.8, 4) is 0 Å². The van der Waals surface area contributed by atoms with E-state index in [9.17, 15) is 9.18 Å². The van der Waals surface area contributed by atoms with E-state index in [4.69, 9.17) is 0 Å². The fourth-order valence-corrected chi connectivity index (χ4v) is 1.57. The highest BCUT2D eigenvalue weighted by Gasteiger charge is 2.15.